The van der Waals surface area contributed by atoms with Crippen LogP contribution in [0.2, 0.25) is 0 Å². The van der Waals surface area contributed by atoms with Gasteiger partial charge in [-0.1, -0.05) is 47.7 Å². The van der Waals surface area contributed by atoms with E-state index in [-0.39, 0.29) is 28.8 Å². The maximum atomic E-state index is 12.8. The van der Waals surface area contributed by atoms with Gasteiger partial charge in [-0.25, -0.2) is 0 Å². The molecule has 1 heterocycles. The number of thioether (sulfide) groups is 1. The Morgan fingerprint density at radius 1 is 1.26 bits per heavy atom. The van der Waals surface area contributed by atoms with E-state index in [0.29, 0.717) is 5.57 Å². The van der Waals surface area contributed by atoms with Crippen LogP contribution in [0.3, 0.4) is 0 Å². The summed E-state index contributed by atoms with van der Waals surface area (Å²) in [6.45, 7) is 1.93. The summed E-state index contributed by atoms with van der Waals surface area (Å²) in [5, 5.41) is 15.0. The fourth-order valence-electron chi connectivity index (χ4n) is 3.12. The van der Waals surface area contributed by atoms with E-state index in [0.717, 1.165) is 35.0 Å². The van der Waals surface area contributed by atoms with Crippen molar-refractivity contribution >= 4 is 29.3 Å². The molecule has 2 aromatic rings. The van der Waals surface area contributed by atoms with Gasteiger partial charge in [0.1, 0.15) is 0 Å². The van der Waals surface area contributed by atoms with Crippen LogP contribution in [0, 0.1) is 18.3 Å². The normalized spacial score (nSPS) is 16.5. The molecule has 1 aliphatic heterocycles. The number of carbonyl (C=O) groups is 2. The van der Waals surface area contributed by atoms with E-state index < -0.39 is 23.6 Å². The van der Waals surface area contributed by atoms with Crippen molar-refractivity contribution in [2.45, 2.75) is 25.4 Å². The Labute approximate surface area is 181 Å². The number of hydrogen-bond acceptors (Lipinski definition) is 4. The summed E-state index contributed by atoms with van der Waals surface area (Å²) in [6.07, 6.45) is -4.40. The first-order valence-electron chi connectivity index (χ1n) is 9.28. The smallest absolute Gasteiger partial charge is 0.325 e. The van der Waals surface area contributed by atoms with Gasteiger partial charge in [-0.2, -0.15) is 18.4 Å². The maximum Gasteiger partial charge on any atom is 0.416 e. The summed E-state index contributed by atoms with van der Waals surface area (Å²) in [5.74, 6) is -1.43. The zero-order valence-corrected chi connectivity index (χ0v) is 17.2. The van der Waals surface area contributed by atoms with Crippen LogP contribution in [0.25, 0.3) is 0 Å². The standard InChI is InChI=1S/C22H18F3N3O2S/c1-13-5-7-14(8-6-13)17-10-19(29)28-21(18(17)11-26)31-12-20(30)27-16-4-2-3-15(9-16)22(23,24)25/h2-9,17H,10,12H2,1H3,(H,27,30)(H,28,29)/t17-/m0/s1. The third-order valence-electron chi connectivity index (χ3n) is 4.66. The van der Waals surface area contributed by atoms with Gasteiger partial charge in [0.25, 0.3) is 0 Å². The van der Waals surface area contributed by atoms with E-state index in [1.807, 2.05) is 31.2 Å². The van der Waals surface area contributed by atoms with Crippen molar-refractivity contribution in [3.05, 3.63) is 75.8 Å². The zero-order chi connectivity index (χ0) is 22.6. The topological polar surface area (TPSA) is 82.0 Å². The molecule has 0 fully saturated rings. The molecule has 2 amide bonds. The van der Waals surface area contributed by atoms with Crippen LogP contribution < -0.4 is 10.6 Å². The molecule has 2 aromatic carbocycles. The highest BCUT2D eigenvalue weighted by molar-refractivity contribution is 8.03. The van der Waals surface area contributed by atoms with Crippen molar-refractivity contribution < 1.29 is 22.8 Å². The maximum absolute atomic E-state index is 12.8. The second-order valence-corrected chi connectivity index (χ2v) is 7.97. The number of nitrogens with one attached hydrogen (secondary N) is 2. The van der Waals surface area contributed by atoms with E-state index in [4.69, 9.17) is 0 Å². The predicted molar refractivity (Wildman–Crippen MR) is 112 cm³/mol. The molecule has 0 aliphatic carbocycles. The van der Waals surface area contributed by atoms with Crippen molar-refractivity contribution in [2.75, 3.05) is 11.1 Å². The van der Waals surface area contributed by atoms with Crippen molar-refractivity contribution in [1.29, 1.82) is 5.26 Å². The number of nitrogens with zero attached hydrogens (tertiary/aromatic N) is 1. The van der Waals surface area contributed by atoms with Gasteiger partial charge < -0.3 is 10.6 Å². The lowest BCUT2D eigenvalue weighted by Gasteiger charge is -2.25. The van der Waals surface area contributed by atoms with E-state index in [2.05, 4.69) is 16.7 Å². The molecule has 0 bridgehead atoms. The van der Waals surface area contributed by atoms with Crippen LogP contribution in [-0.2, 0) is 15.8 Å². The first-order valence-corrected chi connectivity index (χ1v) is 10.3. The third kappa shape index (κ3) is 5.67. The average Bonchev–Trinajstić information content (AvgIpc) is 2.72. The van der Waals surface area contributed by atoms with Crippen LogP contribution in [0.4, 0.5) is 18.9 Å². The van der Waals surface area contributed by atoms with Crippen molar-refractivity contribution in [3.8, 4) is 6.07 Å². The molecule has 2 N–H and O–H groups in total. The number of hydrogen-bond donors (Lipinski definition) is 2. The molecule has 5 nitrogen and oxygen atoms in total. The first-order chi connectivity index (χ1) is 14.7. The quantitative estimate of drug-likeness (QED) is 0.698. The van der Waals surface area contributed by atoms with Crippen molar-refractivity contribution in [1.82, 2.24) is 5.32 Å². The lowest BCUT2D eigenvalue weighted by Crippen LogP contribution is -2.31. The summed E-state index contributed by atoms with van der Waals surface area (Å²) in [7, 11) is 0. The molecule has 0 aromatic heterocycles. The second kappa shape index (κ2) is 9.27. The molecule has 31 heavy (non-hydrogen) atoms. The van der Waals surface area contributed by atoms with Gasteiger partial charge in [-0.05, 0) is 30.7 Å². The SMILES string of the molecule is Cc1ccc([C@@H]2CC(=O)NC(SCC(=O)Nc3cccc(C(F)(F)F)c3)=C2C#N)cc1. The zero-order valence-electron chi connectivity index (χ0n) is 16.4. The summed E-state index contributed by atoms with van der Waals surface area (Å²) in [6, 6.07) is 14.0. The Hall–Kier alpha value is -3.25. The van der Waals surface area contributed by atoms with Gasteiger partial charge >= 0.3 is 6.18 Å². The van der Waals surface area contributed by atoms with Crippen LogP contribution in [-0.4, -0.2) is 17.6 Å². The number of carbonyl (C=O) groups excluding carboxylic acids is 2. The predicted octanol–water partition coefficient (Wildman–Crippen LogP) is 4.72. The first kappa shape index (κ1) is 22.4. The second-order valence-electron chi connectivity index (χ2n) is 6.99. The highest BCUT2D eigenvalue weighted by Gasteiger charge is 2.31. The molecule has 1 aliphatic rings. The van der Waals surface area contributed by atoms with Crippen LogP contribution in [0.1, 0.15) is 29.0 Å². The van der Waals surface area contributed by atoms with E-state index in [9.17, 15) is 28.0 Å². The fraction of sp³-hybridized carbons (Fsp3) is 0.227. The Kier molecular flexibility index (Phi) is 6.71. The number of anilines is 1. The summed E-state index contributed by atoms with van der Waals surface area (Å²) < 4.78 is 38.5. The molecule has 0 saturated heterocycles. The van der Waals surface area contributed by atoms with Gasteiger partial charge in [-0.15, -0.1) is 0 Å². The minimum Gasteiger partial charge on any atom is -0.325 e. The van der Waals surface area contributed by atoms with Gasteiger partial charge in [0, 0.05) is 18.0 Å². The molecule has 9 heteroatoms. The van der Waals surface area contributed by atoms with Crippen LogP contribution in [0.15, 0.2) is 59.1 Å². The number of alkyl halides is 3. The van der Waals surface area contributed by atoms with Gasteiger partial charge in [0.2, 0.25) is 11.8 Å². The van der Waals surface area contributed by atoms with Gasteiger partial charge in [0.15, 0.2) is 0 Å². The minimum atomic E-state index is -4.51. The molecule has 160 valence electrons. The molecule has 0 spiro atoms. The molecule has 1 atom stereocenters. The number of halogens is 3. The lowest BCUT2D eigenvalue weighted by atomic mass is 9.87. The van der Waals surface area contributed by atoms with Crippen LogP contribution >= 0.6 is 11.8 Å². The molecule has 0 saturated carbocycles. The molecule has 3 rings (SSSR count). The highest BCUT2D eigenvalue weighted by Crippen LogP contribution is 2.36. The molecule has 0 radical (unpaired) electrons. The number of rotatable bonds is 5. The number of benzene rings is 2. The average molecular weight is 445 g/mol. The molecular weight excluding hydrogens is 427 g/mol. The monoisotopic (exact) mass is 445 g/mol. The van der Waals surface area contributed by atoms with Crippen molar-refractivity contribution in [3.63, 3.8) is 0 Å². The molecular formula is C22H18F3N3O2S. The largest absolute Gasteiger partial charge is 0.416 e. The number of amides is 2. The lowest BCUT2D eigenvalue weighted by molar-refractivity contribution is -0.137. The molecule has 0 unspecified atom stereocenters. The van der Waals surface area contributed by atoms with Gasteiger partial charge in [0.05, 0.1) is 28.0 Å². The highest BCUT2D eigenvalue weighted by atomic mass is 32.2. The summed E-state index contributed by atoms with van der Waals surface area (Å²) >= 11 is 0.963. The van der Waals surface area contributed by atoms with Crippen molar-refractivity contribution in [2.24, 2.45) is 0 Å². The number of nitriles is 1. The van der Waals surface area contributed by atoms with Crippen LogP contribution in [0.5, 0.6) is 0 Å². The fourth-order valence-corrected chi connectivity index (χ4v) is 4.00. The summed E-state index contributed by atoms with van der Waals surface area (Å²) in [5.41, 5.74) is 1.37. The Bertz CT molecular complexity index is 1070. The van der Waals surface area contributed by atoms with Gasteiger partial charge in [-0.3, -0.25) is 9.59 Å². The van der Waals surface area contributed by atoms with E-state index in [1.54, 1.807) is 0 Å². The minimum absolute atomic E-state index is 0.0140. The summed E-state index contributed by atoms with van der Waals surface area (Å²) in [4.78, 5) is 24.4. The van der Waals surface area contributed by atoms with E-state index >= 15 is 0 Å². The Morgan fingerprint density at radius 2 is 1.97 bits per heavy atom. The third-order valence-corrected chi connectivity index (χ3v) is 5.67. The van der Waals surface area contributed by atoms with E-state index in [1.165, 1.54) is 12.1 Å². The Morgan fingerprint density at radius 3 is 2.61 bits per heavy atom. The number of allylic oxidation sites excluding steroid dienone is 1. The Balaban J connectivity index is 1.73. The number of aryl methyl sites for hydroxylation is 1.